The van der Waals surface area contributed by atoms with Crippen LogP contribution in [-0.4, -0.2) is 52.8 Å². The van der Waals surface area contributed by atoms with Crippen molar-refractivity contribution >= 4 is 22.8 Å². The van der Waals surface area contributed by atoms with Crippen LogP contribution in [0.3, 0.4) is 0 Å². The molecule has 0 unspecified atom stereocenters. The van der Waals surface area contributed by atoms with Crippen LogP contribution in [0.4, 0.5) is 5.95 Å². The Bertz CT molecular complexity index is 1010. The Kier molecular flexibility index (Phi) is 6.82. The third-order valence-corrected chi connectivity index (χ3v) is 5.97. The summed E-state index contributed by atoms with van der Waals surface area (Å²) in [6.07, 6.45) is 8.55. The molecule has 0 radical (unpaired) electrons. The number of fused-ring (bicyclic) bond motifs is 1. The van der Waals surface area contributed by atoms with Crippen LogP contribution in [-0.2, 0) is 17.7 Å². The second-order valence-electron chi connectivity index (χ2n) is 7.92. The standard InChI is InChI=1S/C24H31N5O2/c1-3-28-17-18(21-7-5-6-8-22(21)28)9-12-25-20-10-13-29(14-11-20)24-26-15-19(16-27-24)23(30)31-4-2/h5-8,15-17,20,25H,3-4,9-14H2,1-2H3. The zero-order chi connectivity index (χ0) is 21.6. The van der Waals surface area contributed by atoms with Crippen molar-refractivity contribution in [3.05, 3.63) is 54.0 Å². The molecule has 1 aromatic carbocycles. The van der Waals surface area contributed by atoms with Gasteiger partial charge < -0.3 is 19.5 Å². The van der Waals surface area contributed by atoms with Crippen LogP contribution in [0, 0.1) is 0 Å². The van der Waals surface area contributed by atoms with Gasteiger partial charge in [-0.3, -0.25) is 0 Å². The number of para-hydroxylation sites is 1. The van der Waals surface area contributed by atoms with E-state index < -0.39 is 0 Å². The number of hydrogen-bond acceptors (Lipinski definition) is 6. The van der Waals surface area contributed by atoms with E-state index in [9.17, 15) is 4.79 Å². The van der Waals surface area contributed by atoms with Gasteiger partial charge in [0.1, 0.15) is 0 Å². The van der Waals surface area contributed by atoms with Crippen molar-refractivity contribution in [2.24, 2.45) is 0 Å². The smallest absolute Gasteiger partial charge is 0.341 e. The lowest BCUT2D eigenvalue weighted by Crippen LogP contribution is -2.43. The molecule has 3 aromatic rings. The van der Waals surface area contributed by atoms with Gasteiger partial charge in [0.25, 0.3) is 0 Å². The lowest BCUT2D eigenvalue weighted by Gasteiger charge is -2.32. The monoisotopic (exact) mass is 421 g/mol. The molecular weight excluding hydrogens is 390 g/mol. The van der Waals surface area contributed by atoms with Crippen molar-refractivity contribution < 1.29 is 9.53 Å². The topological polar surface area (TPSA) is 72.3 Å². The molecule has 0 atom stereocenters. The molecule has 1 N–H and O–H groups in total. The summed E-state index contributed by atoms with van der Waals surface area (Å²) in [5.74, 6) is 0.304. The molecule has 4 rings (SSSR count). The average Bonchev–Trinajstić information content (AvgIpc) is 3.18. The third-order valence-electron chi connectivity index (χ3n) is 5.97. The van der Waals surface area contributed by atoms with E-state index in [-0.39, 0.29) is 5.97 Å². The van der Waals surface area contributed by atoms with E-state index in [1.807, 2.05) is 0 Å². The summed E-state index contributed by atoms with van der Waals surface area (Å²) in [5.41, 5.74) is 3.13. The molecule has 31 heavy (non-hydrogen) atoms. The Balaban J connectivity index is 1.26. The molecule has 0 bridgehead atoms. The van der Waals surface area contributed by atoms with Crippen LogP contribution < -0.4 is 10.2 Å². The molecule has 3 heterocycles. The molecular formula is C24H31N5O2. The number of anilines is 1. The number of aryl methyl sites for hydroxylation is 1. The van der Waals surface area contributed by atoms with E-state index in [0.29, 0.717) is 24.2 Å². The van der Waals surface area contributed by atoms with E-state index in [1.54, 1.807) is 19.3 Å². The first-order valence-electron chi connectivity index (χ1n) is 11.2. The average molecular weight is 422 g/mol. The molecule has 164 valence electrons. The van der Waals surface area contributed by atoms with Gasteiger partial charge in [0.05, 0.1) is 12.2 Å². The number of piperidine rings is 1. The van der Waals surface area contributed by atoms with Gasteiger partial charge >= 0.3 is 5.97 Å². The number of aromatic nitrogens is 3. The van der Waals surface area contributed by atoms with Gasteiger partial charge in [-0.05, 0) is 51.3 Å². The van der Waals surface area contributed by atoms with Gasteiger partial charge in [-0.1, -0.05) is 18.2 Å². The summed E-state index contributed by atoms with van der Waals surface area (Å²) in [5, 5.41) is 5.10. The fourth-order valence-corrected chi connectivity index (χ4v) is 4.28. The maximum absolute atomic E-state index is 11.7. The maximum Gasteiger partial charge on any atom is 0.341 e. The van der Waals surface area contributed by atoms with Crippen LogP contribution >= 0.6 is 0 Å². The fraction of sp³-hybridized carbons (Fsp3) is 0.458. The number of ether oxygens (including phenoxy) is 1. The molecule has 1 aliphatic heterocycles. The number of hydrogen-bond donors (Lipinski definition) is 1. The number of carbonyl (C=O) groups is 1. The molecule has 7 nitrogen and oxygen atoms in total. The van der Waals surface area contributed by atoms with Gasteiger partial charge in [-0.2, -0.15) is 0 Å². The van der Waals surface area contributed by atoms with Crippen molar-refractivity contribution in [3.8, 4) is 0 Å². The predicted molar refractivity (Wildman–Crippen MR) is 123 cm³/mol. The number of rotatable bonds is 8. The number of nitrogens with zero attached hydrogens (tertiary/aromatic N) is 4. The Morgan fingerprint density at radius 3 is 2.61 bits per heavy atom. The lowest BCUT2D eigenvalue weighted by molar-refractivity contribution is 0.0525. The van der Waals surface area contributed by atoms with Crippen LogP contribution in [0.1, 0.15) is 42.6 Å². The van der Waals surface area contributed by atoms with Crippen molar-refractivity contribution in [1.82, 2.24) is 19.9 Å². The van der Waals surface area contributed by atoms with E-state index in [4.69, 9.17) is 4.74 Å². The Morgan fingerprint density at radius 1 is 1.16 bits per heavy atom. The van der Waals surface area contributed by atoms with Gasteiger partial charge in [-0.25, -0.2) is 14.8 Å². The molecule has 1 fully saturated rings. The quantitative estimate of drug-likeness (QED) is 0.562. The zero-order valence-electron chi connectivity index (χ0n) is 18.4. The second kappa shape index (κ2) is 9.92. The van der Waals surface area contributed by atoms with Gasteiger partial charge in [0.15, 0.2) is 0 Å². The largest absolute Gasteiger partial charge is 0.462 e. The normalized spacial score (nSPS) is 14.8. The number of nitrogens with one attached hydrogen (secondary N) is 1. The van der Waals surface area contributed by atoms with E-state index >= 15 is 0 Å². The van der Waals surface area contributed by atoms with Crippen molar-refractivity contribution in [2.45, 2.75) is 45.7 Å². The van der Waals surface area contributed by atoms with Gasteiger partial charge in [0, 0.05) is 55.2 Å². The first-order valence-corrected chi connectivity index (χ1v) is 11.2. The number of benzene rings is 1. The molecule has 1 aliphatic rings. The summed E-state index contributed by atoms with van der Waals surface area (Å²) < 4.78 is 7.32. The molecule has 7 heteroatoms. The Hall–Kier alpha value is -2.93. The van der Waals surface area contributed by atoms with Crippen LogP contribution in [0.5, 0.6) is 0 Å². The summed E-state index contributed by atoms with van der Waals surface area (Å²) in [7, 11) is 0. The molecule has 0 amide bonds. The molecule has 0 spiro atoms. The van der Waals surface area contributed by atoms with E-state index in [1.165, 1.54) is 16.5 Å². The fourth-order valence-electron chi connectivity index (χ4n) is 4.28. The van der Waals surface area contributed by atoms with Crippen LogP contribution in [0.2, 0.25) is 0 Å². The van der Waals surface area contributed by atoms with Crippen molar-refractivity contribution in [1.29, 1.82) is 0 Å². The highest BCUT2D eigenvalue weighted by molar-refractivity contribution is 5.88. The minimum atomic E-state index is -0.376. The van der Waals surface area contributed by atoms with Gasteiger partial charge in [0.2, 0.25) is 5.95 Å². The number of esters is 1. The van der Waals surface area contributed by atoms with E-state index in [2.05, 4.69) is 62.1 Å². The minimum Gasteiger partial charge on any atom is -0.462 e. The number of carbonyl (C=O) groups excluding carboxylic acids is 1. The van der Waals surface area contributed by atoms with Crippen LogP contribution in [0.25, 0.3) is 10.9 Å². The molecule has 2 aromatic heterocycles. The summed E-state index contributed by atoms with van der Waals surface area (Å²) in [4.78, 5) is 22.7. The van der Waals surface area contributed by atoms with Gasteiger partial charge in [-0.15, -0.1) is 0 Å². The minimum absolute atomic E-state index is 0.349. The highest BCUT2D eigenvalue weighted by Crippen LogP contribution is 2.22. The van der Waals surface area contributed by atoms with E-state index in [0.717, 1.165) is 45.4 Å². The first-order chi connectivity index (χ1) is 15.2. The lowest BCUT2D eigenvalue weighted by atomic mass is 10.0. The Morgan fingerprint density at radius 2 is 1.90 bits per heavy atom. The van der Waals surface area contributed by atoms with Crippen molar-refractivity contribution in [3.63, 3.8) is 0 Å². The zero-order valence-corrected chi connectivity index (χ0v) is 18.4. The summed E-state index contributed by atoms with van der Waals surface area (Å²) in [6, 6.07) is 9.17. The summed E-state index contributed by atoms with van der Waals surface area (Å²) >= 11 is 0. The highest BCUT2D eigenvalue weighted by atomic mass is 16.5. The predicted octanol–water partition coefficient (Wildman–Crippen LogP) is 3.43. The maximum atomic E-state index is 11.7. The highest BCUT2D eigenvalue weighted by Gasteiger charge is 2.21. The molecule has 1 saturated heterocycles. The van der Waals surface area contributed by atoms with Crippen molar-refractivity contribution in [2.75, 3.05) is 31.1 Å². The Labute approximate surface area is 183 Å². The second-order valence-corrected chi connectivity index (χ2v) is 7.92. The molecule has 0 saturated carbocycles. The summed E-state index contributed by atoms with van der Waals surface area (Å²) in [6.45, 7) is 8.12. The third kappa shape index (κ3) is 4.88. The van der Waals surface area contributed by atoms with Crippen LogP contribution in [0.15, 0.2) is 42.9 Å². The molecule has 0 aliphatic carbocycles. The SMILES string of the molecule is CCOC(=O)c1cnc(N2CCC(NCCc3cn(CC)c4ccccc34)CC2)nc1. The first kappa shape index (κ1) is 21.3.